The predicted octanol–water partition coefficient (Wildman–Crippen LogP) is 5.07. The number of ether oxygens (including phenoxy) is 1. The van der Waals surface area contributed by atoms with Crippen LogP contribution in [-0.4, -0.2) is 47.1 Å². The molecule has 1 fully saturated rings. The molecule has 164 valence electrons. The minimum atomic E-state index is -0.349. The molecule has 0 radical (unpaired) electrons. The van der Waals surface area contributed by atoms with Gasteiger partial charge in [0.1, 0.15) is 28.6 Å². The number of thioether (sulfide) groups is 1. The molecule has 9 heteroatoms. The van der Waals surface area contributed by atoms with Gasteiger partial charge in [0, 0.05) is 36.2 Å². The molecule has 0 unspecified atom stereocenters. The molecule has 1 aliphatic rings. The van der Waals surface area contributed by atoms with Crippen molar-refractivity contribution in [2.24, 2.45) is 0 Å². The number of anilines is 1. The van der Waals surface area contributed by atoms with E-state index in [1.165, 1.54) is 6.07 Å². The lowest BCUT2D eigenvalue weighted by Gasteiger charge is -2.29. The number of halogens is 1. The van der Waals surface area contributed by atoms with Crippen LogP contribution >= 0.6 is 11.8 Å². The number of rotatable bonds is 5. The minimum Gasteiger partial charge on any atom is -0.496 e. The topological polar surface area (TPSA) is 77.4 Å². The highest BCUT2D eigenvalue weighted by Gasteiger charge is 2.25. The Balaban J connectivity index is 1.53. The molecule has 32 heavy (non-hydrogen) atoms. The van der Waals surface area contributed by atoms with E-state index in [1.54, 1.807) is 20.1 Å². The van der Waals surface area contributed by atoms with Crippen LogP contribution in [-0.2, 0) is 0 Å². The van der Waals surface area contributed by atoms with Gasteiger partial charge in [-0.15, -0.1) is 10.2 Å². The Hall–Kier alpha value is -3.33. The third kappa shape index (κ3) is 3.73. The van der Waals surface area contributed by atoms with Crippen LogP contribution in [0.3, 0.4) is 0 Å². The molecule has 1 saturated heterocycles. The largest absolute Gasteiger partial charge is 0.496 e. The van der Waals surface area contributed by atoms with Crippen molar-refractivity contribution in [3.8, 4) is 39.9 Å². The summed E-state index contributed by atoms with van der Waals surface area (Å²) < 4.78 is 31.9. The highest BCUT2D eigenvalue weighted by Crippen LogP contribution is 2.39. The van der Waals surface area contributed by atoms with Gasteiger partial charge in [0.05, 0.1) is 18.4 Å². The number of nitrogens with zero attached hydrogens (tertiary/aromatic N) is 4. The first kappa shape index (κ1) is 20.6. The summed E-state index contributed by atoms with van der Waals surface area (Å²) in [6.45, 7) is 3.37. The molecule has 0 N–H and O–H groups in total. The number of hydrogen-bond acceptors (Lipinski definition) is 8. The summed E-state index contributed by atoms with van der Waals surface area (Å²) in [5.41, 5.74) is 3.00. The number of aryl methyl sites for hydroxylation is 1. The summed E-state index contributed by atoms with van der Waals surface area (Å²) in [5, 5.41) is 12.5. The Morgan fingerprint density at radius 1 is 1.06 bits per heavy atom. The standard InChI is InChI=1S/C23H21FN4O3S/c1-14-20(21(27-31-14)15-6-4-3-5-7-15)23-26-25-22(30-23)16-12-17(24)18(13-19(16)29-2)28-8-10-32-11-9-28/h3-7,12-13H,8-11H2,1-2H3. The van der Waals surface area contributed by atoms with Gasteiger partial charge in [0.2, 0.25) is 0 Å². The molecular formula is C23H21FN4O3S. The summed E-state index contributed by atoms with van der Waals surface area (Å²) in [4.78, 5) is 2.03. The molecule has 2 aromatic heterocycles. The van der Waals surface area contributed by atoms with Crippen LogP contribution in [0.15, 0.2) is 51.4 Å². The van der Waals surface area contributed by atoms with Crippen molar-refractivity contribution >= 4 is 17.4 Å². The first-order valence-electron chi connectivity index (χ1n) is 10.2. The normalized spacial score (nSPS) is 14.0. The first-order valence-corrected chi connectivity index (χ1v) is 11.4. The maximum atomic E-state index is 15.0. The third-order valence-corrected chi connectivity index (χ3v) is 6.34. The fourth-order valence-corrected chi connectivity index (χ4v) is 4.68. The number of benzene rings is 2. The number of aromatic nitrogens is 3. The fourth-order valence-electron chi connectivity index (χ4n) is 3.78. The lowest BCUT2D eigenvalue weighted by Crippen LogP contribution is -2.33. The van der Waals surface area contributed by atoms with Crippen LogP contribution in [0.1, 0.15) is 5.76 Å². The van der Waals surface area contributed by atoms with Crippen LogP contribution < -0.4 is 9.64 Å². The van der Waals surface area contributed by atoms with Crippen LogP contribution in [0.2, 0.25) is 0 Å². The predicted molar refractivity (Wildman–Crippen MR) is 121 cm³/mol. The SMILES string of the molecule is COc1cc(N2CCSCC2)c(F)cc1-c1nnc(-c2c(-c3ccccc3)noc2C)o1. The van der Waals surface area contributed by atoms with E-state index in [2.05, 4.69) is 15.4 Å². The van der Waals surface area contributed by atoms with Crippen molar-refractivity contribution in [1.29, 1.82) is 0 Å². The van der Waals surface area contributed by atoms with Crippen molar-refractivity contribution in [3.63, 3.8) is 0 Å². The Morgan fingerprint density at radius 2 is 1.81 bits per heavy atom. The summed E-state index contributed by atoms with van der Waals surface area (Å²) >= 11 is 1.87. The highest BCUT2D eigenvalue weighted by atomic mass is 32.2. The van der Waals surface area contributed by atoms with E-state index in [0.29, 0.717) is 34.0 Å². The average molecular weight is 453 g/mol. The quantitative estimate of drug-likeness (QED) is 0.415. The summed E-state index contributed by atoms with van der Waals surface area (Å²) in [5.74, 6) is 3.03. The summed E-state index contributed by atoms with van der Waals surface area (Å²) in [7, 11) is 1.54. The summed E-state index contributed by atoms with van der Waals surface area (Å²) in [6.07, 6.45) is 0. The van der Waals surface area contributed by atoms with E-state index >= 15 is 4.39 Å². The summed E-state index contributed by atoms with van der Waals surface area (Å²) in [6, 6.07) is 12.7. The van der Waals surface area contributed by atoms with Gasteiger partial charge in [0.25, 0.3) is 11.8 Å². The zero-order chi connectivity index (χ0) is 22.1. The Labute approximate surface area is 188 Å². The van der Waals surface area contributed by atoms with Crippen LogP contribution in [0, 0.1) is 12.7 Å². The highest BCUT2D eigenvalue weighted by molar-refractivity contribution is 7.99. The lowest BCUT2D eigenvalue weighted by atomic mass is 10.1. The van der Waals surface area contributed by atoms with Crippen LogP contribution in [0.4, 0.5) is 10.1 Å². The second kappa shape index (κ2) is 8.66. The van der Waals surface area contributed by atoms with Gasteiger partial charge in [-0.1, -0.05) is 35.5 Å². The van der Waals surface area contributed by atoms with Gasteiger partial charge in [0.15, 0.2) is 0 Å². The van der Waals surface area contributed by atoms with Crippen molar-refractivity contribution < 1.29 is 18.1 Å². The smallest absolute Gasteiger partial charge is 0.254 e. The van der Waals surface area contributed by atoms with Crippen molar-refractivity contribution in [3.05, 3.63) is 54.0 Å². The Kier molecular flexibility index (Phi) is 5.57. The number of methoxy groups -OCH3 is 1. The van der Waals surface area contributed by atoms with Crippen molar-refractivity contribution in [1.82, 2.24) is 15.4 Å². The minimum absolute atomic E-state index is 0.163. The van der Waals surface area contributed by atoms with E-state index in [4.69, 9.17) is 13.7 Å². The van der Waals surface area contributed by atoms with E-state index in [1.807, 2.05) is 47.0 Å². The molecule has 0 atom stereocenters. The molecule has 3 heterocycles. The van der Waals surface area contributed by atoms with Crippen LogP contribution in [0.5, 0.6) is 5.75 Å². The molecule has 0 aliphatic carbocycles. The molecule has 7 nitrogen and oxygen atoms in total. The van der Waals surface area contributed by atoms with E-state index < -0.39 is 0 Å². The molecule has 0 bridgehead atoms. The zero-order valence-corrected chi connectivity index (χ0v) is 18.5. The fraction of sp³-hybridized carbons (Fsp3) is 0.261. The Morgan fingerprint density at radius 3 is 2.56 bits per heavy atom. The third-order valence-electron chi connectivity index (χ3n) is 5.40. The van der Waals surface area contributed by atoms with Crippen molar-refractivity contribution in [2.45, 2.75) is 6.92 Å². The molecule has 1 aliphatic heterocycles. The second-order valence-electron chi connectivity index (χ2n) is 7.34. The van der Waals surface area contributed by atoms with E-state index in [0.717, 1.165) is 30.2 Å². The Bertz CT molecular complexity index is 1240. The van der Waals surface area contributed by atoms with Gasteiger partial charge in [-0.3, -0.25) is 0 Å². The first-order chi connectivity index (χ1) is 15.7. The molecule has 0 amide bonds. The van der Waals surface area contributed by atoms with E-state index in [9.17, 15) is 0 Å². The van der Waals surface area contributed by atoms with Gasteiger partial charge in [-0.05, 0) is 13.0 Å². The van der Waals surface area contributed by atoms with E-state index in [-0.39, 0.29) is 17.6 Å². The van der Waals surface area contributed by atoms with Gasteiger partial charge in [-0.25, -0.2) is 4.39 Å². The van der Waals surface area contributed by atoms with Gasteiger partial charge < -0.3 is 18.6 Å². The number of hydrogen-bond donors (Lipinski definition) is 0. The lowest BCUT2D eigenvalue weighted by molar-refractivity contribution is 0.399. The molecule has 5 rings (SSSR count). The van der Waals surface area contributed by atoms with Gasteiger partial charge in [-0.2, -0.15) is 11.8 Å². The molecule has 0 saturated carbocycles. The average Bonchev–Trinajstić information content (AvgIpc) is 3.46. The molecular weight excluding hydrogens is 431 g/mol. The molecule has 0 spiro atoms. The second-order valence-corrected chi connectivity index (χ2v) is 8.57. The maximum absolute atomic E-state index is 15.0. The zero-order valence-electron chi connectivity index (χ0n) is 17.7. The van der Waals surface area contributed by atoms with Crippen LogP contribution in [0.25, 0.3) is 34.2 Å². The maximum Gasteiger partial charge on any atom is 0.254 e. The van der Waals surface area contributed by atoms with Crippen molar-refractivity contribution in [2.75, 3.05) is 36.6 Å². The van der Waals surface area contributed by atoms with Gasteiger partial charge >= 0.3 is 0 Å². The monoisotopic (exact) mass is 452 g/mol. The molecule has 4 aromatic rings. The molecule has 2 aromatic carbocycles.